The first kappa shape index (κ1) is 51.4. The summed E-state index contributed by atoms with van der Waals surface area (Å²) >= 11 is 0. The maximum atomic E-state index is 12.4. The lowest BCUT2D eigenvalue weighted by Crippen LogP contribution is -2.29. The Bertz CT molecular complexity index is 1310. The molecule has 0 unspecified atom stereocenters. The lowest BCUT2D eigenvalue weighted by Gasteiger charge is -2.18. The number of carbonyl (C=O) groups is 2. The number of phosphoric acid groups is 1. The van der Waals surface area contributed by atoms with Gasteiger partial charge in [0.15, 0.2) is 6.10 Å². The zero-order valence-electron chi connectivity index (χ0n) is 33.4. The summed E-state index contributed by atoms with van der Waals surface area (Å²) in [4.78, 5) is 42.7. The zero-order chi connectivity index (χ0) is 40.5. The molecule has 0 aromatic rings. The molecule has 0 aliphatic rings. The van der Waals surface area contributed by atoms with Crippen LogP contribution in [-0.2, 0) is 28.2 Å². The minimum Gasteiger partial charge on any atom is -0.462 e. The van der Waals surface area contributed by atoms with E-state index in [-0.39, 0.29) is 19.4 Å². The average molecular weight is 785 g/mol. The number of allylic oxidation sites excluding steroid dienone is 18. The number of hydrogen-bond donors (Lipinski definition) is 3. The maximum absolute atomic E-state index is 12.4. The van der Waals surface area contributed by atoms with Gasteiger partial charge in [-0.1, -0.05) is 148 Å². The fourth-order valence-corrected chi connectivity index (χ4v) is 4.95. The monoisotopic (exact) mass is 784 g/mol. The first-order valence-electron chi connectivity index (χ1n) is 19.9. The smallest absolute Gasteiger partial charge is 0.462 e. The molecule has 0 heterocycles. The molecule has 0 spiro atoms. The molecule has 0 saturated carbocycles. The summed E-state index contributed by atoms with van der Waals surface area (Å²) in [5.41, 5.74) is 0. The second-order valence-corrected chi connectivity index (χ2v) is 14.0. The molecule has 0 aromatic heterocycles. The molecule has 2 atom stereocenters. The van der Waals surface area contributed by atoms with E-state index in [1.165, 1.54) is 19.3 Å². The van der Waals surface area contributed by atoms with Crippen molar-refractivity contribution in [2.45, 2.75) is 135 Å². The fraction of sp³-hybridized carbons (Fsp3) is 0.511. The number of esters is 2. The fourth-order valence-electron chi connectivity index (χ4n) is 4.59. The van der Waals surface area contributed by atoms with Crippen molar-refractivity contribution in [1.82, 2.24) is 0 Å². The van der Waals surface area contributed by atoms with Crippen LogP contribution < -0.4 is 0 Å². The van der Waals surface area contributed by atoms with Crippen molar-refractivity contribution in [3.8, 4) is 0 Å². The second kappa shape index (κ2) is 38.7. The van der Waals surface area contributed by atoms with E-state index in [2.05, 4.69) is 85.2 Å². The molecule has 0 saturated heterocycles. The molecule has 0 amide bonds. The largest absolute Gasteiger partial charge is 0.469 e. The lowest BCUT2D eigenvalue weighted by atomic mass is 10.1. The summed E-state index contributed by atoms with van der Waals surface area (Å²) in [6.07, 6.45) is 52.5. The molecule has 308 valence electrons. The summed E-state index contributed by atoms with van der Waals surface area (Å²) in [7, 11) is -4.81. The number of unbranched alkanes of at least 4 members (excludes halogenated alkanes) is 4. The van der Waals surface area contributed by atoms with Crippen molar-refractivity contribution in [1.29, 1.82) is 0 Å². The SMILES string of the molecule is CC/C=C\C/C=C\C/C=C\C/C=C\C/C=C\C/C=C\CCC(=O)OC[C@H](COP(=O)(O)O)OC(=O)CCC/C=C\C/C=C\C=C\[C@@H](O)C/C=C\CCCCC. The summed E-state index contributed by atoms with van der Waals surface area (Å²) in [5, 5.41) is 9.99. The van der Waals surface area contributed by atoms with Crippen molar-refractivity contribution in [3.63, 3.8) is 0 Å². The predicted octanol–water partition coefficient (Wildman–Crippen LogP) is 11.1. The van der Waals surface area contributed by atoms with Crippen molar-refractivity contribution < 1.29 is 43.0 Å². The van der Waals surface area contributed by atoms with Gasteiger partial charge in [-0.15, -0.1) is 0 Å². The number of ether oxygens (including phenoxy) is 2. The highest BCUT2D eigenvalue weighted by atomic mass is 31.2. The minimum atomic E-state index is -4.81. The van der Waals surface area contributed by atoms with E-state index >= 15 is 0 Å². The van der Waals surface area contributed by atoms with Gasteiger partial charge in [-0.3, -0.25) is 14.1 Å². The highest BCUT2D eigenvalue weighted by Crippen LogP contribution is 2.35. The summed E-state index contributed by atoms with van der Waals surface area (Å²) in [6, 6.07) is 0. The third-order valence-electron chi connectivity index (χ3n) is 7.56. The molecule has 10 heteroatoms. The molecular weight excluding hydrogens is 715 g/mol. The summed E-state index contributed by atoms with van der Waals surface area (Å²) in [6.45, 7) is 3.33. The maximum Gasteiger partial charge on any atom is 0.469 e. The number of hydrogen-bond acceptors (Lipinski definition) is 7. The van der Waals surface area contributed by atoms with E-state index < -0.39 is 38.6 Å². The molecule has 9 nitrogen and oxygen atoms in total. The van der Waals surface area contributed by atoms with Crippen LogP contribution in [-0.4, -0.2) is 52.3 Å². The molecule has 0 radical (unpaired) electrons. The van der Waals surface area contributed by atoms with Gasteiger partial charge in [0.2, 0.25) is 0 Å². The van der Waals surface area contributed by atoms with E-state index in [0.717, 1.165) is 44.9 Å². The van der Waals surface area contributed by atoms with E-state index in [1.54, 1.807) is 6.08 Å². The van der Waals surface area contributed by atoms with Crippen LogP contribution in [0.15, 0.2) is 122 Å². The van der Waals surface area contributed by atoms with Gasteiger partial charge in [-0.05, 0) is 83.5 Å². The normalized spacial score (nSPS) is 14.3. The van der Waals surface area contributed by atoms with Gasteiger partial charge in [-0.25, -0.2) is 4.57 Å². The number of rotatable bonds is 34. The van der Waals surface area contributed by atoms with Crippen LogP contribution in [0, 0.1) is 0 Å². The van der Waals surface area contributed by atoms with Gasteiger partial charge < -0.3 is 24.4 Å². The molecular formula is C45H69O9P. The first-order chi connectivity index (χ1) is 26.7. The van der Waals surface area contributed by atoms with Crippen LogP contribution in [0.2, 0.25) is 0 Å². The Morgan fingerprint density at radius 1 is 0.582 bits per heavy atom. The quantitative estimate of drug-likeness (QED) is 0.0191. The Balaban J connectivity index is 4.27. The lowest BCUT2D eigenvalue weighted by molar-refractivity contribution is -0.161. The molecule has 0 fully saturated rings. The van der Waals surface area contributed by atoms with Gasteiger partial charge in [-0.2, -0.15) is 0 Å². The van der Waals surface area contributed by atoms with Gasteiger partial charge in [0, 0.05) is 12.8 Å². The highest BCUT2D eigenvalue weighted by Gasteiger charge is 2.22. The van der Waals surface area contributed by atoms with Crippen molar-refractivity contribution in [3.05, 3.63) is 122 Å². The molecule has 55 heavy (non-hydrogen) atoms. The third kappa shape index (κ3) is 41.4. The topological polar surface area (TPSA) is 140 Å². The van der Waals surface area contributed by atoms with Crippen LogP contribution >= 0.6 is 7.82 Å². The summed E-state index contributed by atoms with van der Waals surface area (Å²) in [5.74, 6) is -1.10. The Kier molecular flexibility index (Phi) is 36.2. The van der Waals surface area contributed by atoms with Crippen molar-refractivity contribution in [2.75, 3.05) is 13.2 Å². The third-order valence-corrected chi connectivity index (χ3v) is 8.04. The molecule has 0 aromatic carbocycles. The van der Waals surface area contributed by atoms with E-state index in [1.807, 2.05) is 48.6 Å². The molecule has 3 N–H and O–H groups in total. The second-order valence-electron chi connectivity index (χ2n) is 12.7. The predicted molar refractivity (Wildman–Crippen MR) is 226 cm³/mol. The van der Waals surface area contributed by atoms with Crippen LogP contribution in [0.3, 0.4) is 0 Å². The molecule has 0 bridgehead atoms. The number of phosphoric ester groups is 1. The number of aliphatic hydroxyl groups excluding tert-OH is 1. The Labute approximate surface area is 331 Å². The highest BCUT2D eigenvalue weighted by molar-refractivity contribution is 7.46. The van der Waals surface area contributed by atoms with Gasteiger partial charge in [0.05, 0.1) is 12.7 Å². The summed E-state index contributed by atoms with van der Waals surface area (Å²) < 4.78 is 26.2. The Morgan fingerprint density at radius 3 is 1.69 bits per heavy atom. The van der Waals surface area contributed by atoms with Crippen molar-refractivity contribution >= 4 is 19.8 Å². The van der Waals surface area contributed by atoms with Gasteiger partial charge in [0.25, 0.3) is 0 Å². The van der Waals surface area contributed by atoms with Gasteiger partial charge >= 0.3 is 19.8 Å². The molecule has 0 rings (SSSR count). The number of carbonyl (C=O) groups excluding carboxylic acids is 2. The average Bonchev–Trinajstić information content (AvgIpc) is 3.15. The zero-order valence-corrected chi connectivity index (χ0v) is 34.3. The van der Waals surface area contributed by atoms with E-state index in [9.17, 15) is 19.3 Å². The minimum absolute atomic E-state index is 0.0803. The number of aliphatic hydroxyl groups is 1. The van der Waals surface area contributed by atoms with Crippen LogP contribution in [0.5, 0.6) is 0 Å². The Hall–Kier alpha value is -3.59. The first-order valence-corrected chi connectivity index (χ1v) is 21.5. The molecule has 0 aliphatic heterocycles. The van der Waals surface area contributed by atoms with Crippen molar-refractivity contribution in [2.24, 2.45) is 0 Å². The van der Waals surface area contributed by atoms with Crippen LogP contribution in [0.25, 0.3) is 0 Å². The van der Waals surface area contributed by atoms with Crippen LogP contribution in [0.4, 0.5) is 0 Å². The standard InChI is InChI=1S/C45H69O9P/c1-3-5-7-9-11-12-13-14-15-16-17-18-19-20-21-22-26-30-34-38-44(47)52-40-43(41-53-55(49,50)51)54-45(48)39-35-31-27-24-23-25-29-33-37-42(46)36-32-28-10-8-6-4-2/h5,7,11-12,14-15,17-18,20-21,24-30,32-33,37,42-43,46H,3-4,6,8-10,13,16,19,22-23,31,34-36,38-41H2,1-2H3,(H2,49,50,51)/b7-5-,12-11-,15-14-,18-17-,21-20-,27-24-,29-25-,30-26-,32-28-,37-33+/t42-,43+/m0/s1. The molecule has 0 aliphatic carbocycles. The van der Waals surface area contributed by atoms with E-state index in [0.29, 0.717) is 32.1 Å². The van der Waals surface area contributed by atoms with Gasteiger partial charge in [0.1, 0.15) is 6.61 Å². The Morgan fingerprint density at radius 2 is 1.11 bits per heavy atom. The van der Waals surface area contributed by atoms with Crippen LogP contribution in [0.1, 0.15) is 123 Å². The van der Waals surface area contributed by atoms with E-state index in [4.69, 9.17) is 19.3 Å².